The molecule has 2 fully saturated rings. The highest BCUT2D eigenvalue weighted by atomic mass is 32.2. The summed E-state index contributed by atoms with van der Waals surface area (Å²) >= 11 is 1.60. The number of hydrogen-bond acceptors (Lipinski definition) is 6. The zero-order valence-electron chi connectivity index (χ0n) is 23.2. The van der Waals surface area contributed by atoms with Crippen LogP contribution in [0.1, 0.15) is 40.5 Å². The Bertz CT molecular complexity index is 1180. The number of rotatable bonds is 8. The van der Waals surface area contributed by atoms with E-state index in [4.69, 9.17) is 4.74 Å². The van der Waals surface area contributed by atoms with Crippen molar-refractivity contribution in [3.8, 4) is 5.75 Å². The van der Waals surface area contributed by atoms with E-state index in [0.717, 1.165) is 11.4 Å². The van der Waals surface area contributed by atoms with Crippen molar-refractivity contribution in [2.24, 2.45) is 11.8 Å². The Labute approximate surface area is 235 Å². The van der Waals surface area contributed by atoms with Crippen LogP contribution in [0.15, 0.2) is 48.6 Å². The SMILES string of the molecule is CCOc1ccc(N2CC=C[C@]3(C)S[C@]45C=CCN(C(C)C)C(=O)C4N(CCCCO)C(=O)[C@@H]5[C@@H]3C2=O)cc1. The van der Waals surface area contributed by atoms with E-state index in [1.807, 2.05) is 69.0 Å². The molecule has 39 heavy (non-hydrogen) atoms. The van der Waals surface area contributed by atoms with Gasteiger partial charge in [-0.3, -0.25) is 14.4 Å². The van der Waals surface area contributed by atoms with Gasteiger partial charge in [-0.25, -0.2) is 0 Å². The summed E-state index contributed by atoms with van der Waals surface area (Å²) in [5.74, 6) is -0.868. The maximum atomic E-state index is 14.4. The molecule has 8 nitrogen and oxygen atoms in total. The van der Waals surface area contributed by atoms with Gasteiger partial charge in [-0.15, -0.1) is 11.8 Å². The van der Waals surface area contributed by atoms with E-state index < -0.39 is 27.4 Å². The number of carbonyl (C=O) groups excluding carboxylic acids is 3. The van der Waals surface area contributed by atoms with Gasteiger partial charge in [0.15, 0.2) is 0 Å². The largest absolute Gasteiger partial charge is 0.494 e. The second kappa shape index (κ2) is 10.7. The molecule has 2 saturated heterocycles. The lowest BCUT2D eigenvalue weighted by atomic mass is 9.74. The number of likely N-dealkylation sites (tertiary alicyclic amines) is 1. The van der Waals surface area contributed by atoms with Crippen LogP contribution in [-0.4, -0.2) is 87.1 Å². The van der Waals surface area contributed by atoms with Gasteiger partial charge in [-0.2, -0.15) is 0 Å². The minimum absolute atomic E-state index is 0.0186. The third-order valence-electron chi connectivity index (χ3n) is 8.48. The lowest BCUT2D eigenvalue weighted by Gasteiger charge is -2.37. The van der Waals surface area contributed by atoms with Crippen LogP contribution < -0.4 is 9.64 Å². The number of nitrogens with zero attached hydrogens (tertiary/aromatic N) is 3. The van der Waals surface area contributed by atoms with Crippen LogP contribution >= 0.6 is 11.8 Å². The standard InChI is InChI=1S/C30H39N3O5S/c1-5-38-22-12-10-21(11-13-22)32-18-8-14-29(4)23(26(32)35)24-27(36)33(16-6-7-19-34)25-28(37)31(20(2)3)17-9-15-30(24,25)39-29/h8-15,20,23-25,34H,5-7,16-19H2,1-4H3/t23-,24+,25?,29+,30+/m1/s1. The van der Waals surface area contributed by atoms with Gasteiger partial charge >= 0.3 is 0 Å². The molecular formula is C30H39N3O5S. The maximum Gasteiger partial charge on any atom is 0.247 e. The summed E-state index contributed by atoms with van der Waals surface area (Å²) < 4.78 is 4.09. The van der Waals surface area contributed by atoms with Gasteiger partial charge < -0.3 is 24.5 Å². The van der Waals surface area contributed by atoms with Crippen LogP contribution in [0.25, 0.3) is 0 Å². The number of fused-ring (bicyclic) bond motifs is 2. The second-order valence-corrected chi connectivity index (χ2v) is 13.0. The zero-order chi connectivity index (χ0) is 27.9. The Hall–Kier alpha value is -2.78. The van der Waals surface area contributed by atoms with Crippen LogP contribution in [-0.2, 0) is 14.4 Å². The van der Waals surface area contributed by atoms with E-state index in [9.17, 15) is 19.5 Å². The number of aliphatic hydroxyl groups excluding tert-OH is 1. The minimum Gasteiger partial charge on any atom is -0.494 e. The van der Waals surface area contributed by atoms with Crippen molar-refractivity contribution in [3.05, 3.63) is 48.6 Å². The van der Waals surface area contributed by atoms with Crippen molar-refractivity contribution in [1.29, 1.82) is 0 Å². The first-order valence-corrected chi connectivity index (χ1v) is 14.8. The van der Waals surface area contributed by atoms with Gasteiger partial charge in [0, 0.05) is 42.7 Å². The predicted molar refractivity (Wildman–Crippen MR) is 153 cm³/mol. The van der Waals surface area contributed by atoms with Crippen LogP contribution in [0.4, 0.5) is 5.69 Å². The number of thioether (sulfide) groups is 1. The Balaban J connectivity index is 1.57. The molecule has 3 amide bonds. The average Bonchev–Trinajstić information content (AvgIpc) is 3.15. The van der Waals surface area contributed by atoms with Crippen molar-refractivity contribution in [2.45, 2.75) is 62.1 Å². The summed E-state index contributed by atoms with van der Waals surface area (Å²) in [6.45, 7) is 9.80. The molecular weight excluding hydrogens is 514 g/mol. The first-order valence-electron chi connectivity index (χ1n) is 14.0. The van der Waals surface area contributed by atoms with Gasteiger partial charge in [0.1, 0.15) is 11.8 Å². The molecule has 1 spiro atoms. The fraction of sp³-hybridized carbons (Fsp3) is 0.567. The molecule has 1 aromatic rings. The van der Waals surface area contributed by atoms with E-state index in [2.05, 4.69) is 12.2 Å². The van der Waals surface area contributed by atoms with E-state index in [1.54, 1.807) is 21.6 Å². The smallest absolute Gasteiger partial charge is 0.247 e. The van der Waals surface area contributed by atoms with Crippen molar-refractivity contribution in [2.75, 3.05) is 37.7 Å². The molecule has 9 heteroatoms. The summed E-state index contributed by atoms with van der Waals surface area (Å²) in [4.78, 5) is 48.2. The van der Waals surface area contributed by atoms with Crippen molar-refractivity contribution >= 4 is 35.2 Å². The van der Waals surface area contributed by atoms with E-state index in [-0.39, 0.29) is 30.4 Å². The number of ether oxygens (including phenoxy) is 1. The van der Waals surface area contributed by atoms with Crippen LogP contribution in [0, 0.1) is 11.8 Å². The molecule has 4 aliphatic rings. The Morgan fingerprint density at radius 3 is 2.38 bits per heavy atom. The number of benzene rings is 1. The fourth-order valence-electron chi connectivity index (χ4n) is 6.76. The normalized spacial score (nSPS) is 31.9. The molecule has 1 N–H and O–H groups in total. The number of hydrogen-bond donors (Lipinski definition) is 1. The molecule has 1 aromatic carbocycles. The van der Waals surface area contributed by atoms with Crippen molar-refractivity contribution in [1.82, 2.24) is 9.80 Å². The number of amides is 3. The van der Waals surface area contributed by atoms with Gasteiger partial charge in [-0.05, 0) is 64.8 Å². The first-order chi connectivity index (χ1) is 18.7. The molecule has 5 rings (SSSR count). The van der Waals surface area contributed by atoms with Crippen LogP contribution in [0.2, 0.25) is 0 Å². The molecule has 0 saturated carbocycles. The molecule has 4 aliphatic heterocycles. The zero-order valence-corrected chi connectivity index (χ0v) is 24.0. The lowest BCUT2D eigenvalue weighted by Crippen LogP contribution is -2.54. The second-order valence-electron chi connectivity index (χ2n) is 11.2. The summed E-state index contributed by atoms with van der Waals surface area (Å²) in [6.07, 6.45) is 9.30. The van der Waals surface area contributed by atoms with Crippen molar-refractivity contribution < 1.29 is 24.2 Å². The number of anilines is 1. The monoisotopic (exact) mass is 553 g/mol. The maximum absolute atomic E-state index is 14.4. The molecule has 210 valence electrons. The van der Waals surface area contributed by atoms with Gasteiger partial charge in [-0.1, -0.05) is 24.3 Å². The lowest BCUT2D eigenvalue weighted by molar-refractivity contribution is -0.143. The number of carbonyl (C=O) groups is 3. The van der Waals surface area contributed by atoms with E-state index >= 15 is 0 Å². The molecule has 5 atom stereocenters. The summed E-state index contributed by atoms with van der Waals surface area (Å²) in [6, 6.07) is 6.77. The Morgan fingerprint density at radius 1 is 1.00 bits per heavy atom. The van der Waals surface area contributed by atoms with Gasteiger partial charge in [0.05, 0.1) is 23.2 Å². The van der Waals surface area contributed by atoms with E-state index in [0.29, 0.717) is 39.1 Å². The number of unbranched alkanes of at least 4 members (excludes halogenated alkanes) is 1. The van der Waals surface area contributed by atoms with Gasteiger partial charge in [0.2, 0.25) is 17.7 Å². The predicted octanol–water partition coefficient (Wildman–Crippen LogP) is 3.25. The molecule has 0 bridgehead atoms. The molecule has 0 aliphatic carbocycles. The van der Waals surface area contributed by atoms with Crippen molar-refractivity contribution in [3.63, 3.8) is 0 Å². The van der Waals surface area contributed by atoms with Gasteiger partial charge in [0.25, 0.3) is 0 Å². The average molecular weight is 554 g/mol. The molecule has 0 aromatic heterocycles. The third kappa shape index (κ3) is 4.47. The molecule has 4 heterocycles. The minimum atomic E-state index is -0.849. The molecule has 1 unspecified atom stereocenters. The summed E-state index contributed by atoms with van der Waals surface area (Å²) in [5.41, 5.74) is 0.753. The summed E-state index contributed by atoms with van der Waals surface area (Å²) in [7, 11) is 0. The van der Waals surface area contributed by atoms with Crippen LogP contribution in [0.5, 0.6) is 5.75 Å². The highest BCUT2D eigenvalue weighted by Crippen LogP contribution is 2.65. The number of aliphatic hydroxyl groups is 1. The Morgan fingerprint density at radius 2 is 1.72 bits per heavy atom. The fourth-order valence-corrected chi connectivity index (χ4v) is 8.92. The van der Waals surface area contributed by atoms with Crippen LogP contribution in [0.3, 0.4) is 0 Å². The highest BCUT2D eigenvalue weighted by molar-refractivity contribution is 8.02. The highest BCUT2D eigenvalue weighted by Gasteiger charge is 2.73. The third-order valence-corrected chi connectivity index (χ3v) is 10.3. The Kier molecular flexibility index (Phi) is 7.59. The quantitative estimate of drug-likeness (QED) is 0.393. The van der Waals surface area contributed by atoms with E-state index in [1.165, 1.54) is 0 Å². The summed E-state index contributed by atoms with van der Waals surface area (Å²) in [5, 5.41) is 9.39. The molecule has 0 radical (unpaired) electrons. The first kappa shape index (κ1) is 27.8. The topological polar surface area (TPSA) is 90.4 Å².